The van der Waals surface area contributed by atoms with E-state index in [0.29, 0.717) is 34.8 Å². The molecular weight excluding hydrogens is 339 g/mol. The molecule has 0 aliphatic heterocycles. The van der Waals surface area contributed by atoms with Gasteiger partial charge in [0.1, 0.15) is 11.6 Å². The van der Waals surface area contributed by atoms with Gasteiger partial charge in [0.25, 0.3) is 0 Å². The van der Waals surface area contributed by atoms with Crippen molar-refractivity contribution in [2.45, 2.75) is 26.2 Å². The van der Waals surface area contributed by atoms with E-state index < -0.39 is 0 Å². The van der Waals surface area contributed by atoms with Crippen LogP contribution in [0.25, 0.3) is 10.2 Å². The third-order valence-corrected chi connectivity index (χ3v) is 4.68. The quantitative estimate of drug-likeness (QED) is 0.618. The summed E-state index contributed by atoms with van der Waals surface area (Å²) in [4.78, 5) is 16.3. The maximum absolute atomic E-state index is 13.2. The number of aromatic nitrogens is 1. The molecule has 2 aromatic carbocycles. The number of thiazole rings is 1. The number of ether oxygens (including phenoxy) is 1. The van der Waals surface area contributed by atoms with Crippen molar-refractivity contribution in [1.29, 1.82) is 0 Å². The molecule has 130 valence electrons. The predicted molar refractivity (Wildman–Crippen MR) is 98.8 cm³/mol. The van der Waals surface area contributed by atoms with Gasteiger partial charge >= 0.3 is 0 Å². The number of hydrogen-bond acceptors (Lipinski definition) is 4. The summed E-state index contributed by atoms with van der Waals surface area (Å²) in [7, 11) is 0. The highest BCUT2D eigenvalue weighted by Crippen LogP contribution is 2.26. The van der Waals surface area contributed by atoms with Crippen LogP contribution < -0.4 is 10.1 Å². The van der Waals surface area contributed by atoms with Crippen molar-refractivity contribution in [3.8, 4) is 5.75 Å². The maximum Gasteiger partial charge on any atom is 0.226 e. The number of amides is 1. The summed E-state index contributed by atoms with van der Waals surface area (Å²) in [6.07, 6.45) is 1.96. The number of aryl methyl sites for hydroxylation is 1. The standard InChI is InChI=1S/C19H19FN2O2S/c1-2-13-5-8-15(9-6-13)24-11-3-4-18(23)22-19-21-16-10-7-14(20)12-17(16)25-19/h5-10,12H,2-4,11H2,1H3,(H,21,22,23). The van der Waals surface area contributed by atoms with Gasteiger partial charge in [0, 0.05) is 6.42 Å². The second-order valence-electron chi connectivity index (χ2n) is 5.63. The molecule has 0 aliphatic rings. The van der Waals surface area contributed by atoms with Crippen molar-refractivity contribution >= 4 is 32.6 Å². The van der Waals surface area contributed by atoms with Crippen molar-refractivity contribution < 1.29 is 13.9 Å². The first-order valence-electron chi connectivity index (χ1n) is 8.21. The molecule has 1 amide bonds. The largest absolute Gasteiger partial charge is 0.494 e. The number of halogens is 1. The topological polar surface area (TPSA) is 51.2 Å². The van der Waals surface area contributed by atoms with Crippen LogP contribution in [-0.2, 0) is 11.2 Å². The third kappa shape index (κ3) is 4.76. The Kier molecular flexibility index (Phi) is 5.60. The van der Waals surface area contributed by atoms with Crippen LogP contribution in [-0.4, -0.2) is 17.5 Å². The lowest BCUT2D eigenvalue weighted by atomic mass is 10.2. The van der Waals surface area contributed by atoms with E-state index in [9.17, 15) is 9.18 Å². The van der Waals surface area contributed by atoms with E-state index in [-0.39, 0.29) is 11.7 Å². The van der Waals surface area contributed by atoms with Gasteiger partial charge in [0.05, 0.1) is 16.8 Å². The van der Waals surface area contributed by atoms with Crippen molar-refractivity contribution in [3.63, 3.8) is 0 Å². The summed E-state index contributed by atoms with van der Waals surface area (Å²) in [6, 6.07) is 12.3. The fourth-order valence-corrected chi connectivity index (χ4v) is 3.28. The van der Waals surface area contributed by atoms with Gasteiger partial charge in [0.15, 0.2) is 5.13 Å². The van der Waals surface area contributed by atoms with Crippen molar-refractivity contribution in [1.82, 2.24) is 4.98 Å². The minimum atomic E-state index is -0.307. The molecule has 4 nitrogen and oxygen atoms in total. The zero-order valence-corrected chi connectivity index (χ0v) is 14.7. The molecule has 0 aliphatic carbocycles. The number of hydrogen-bond donors (Lipinski definition) is 1. The molecule has 1 aromatic heterocycles. The lowest BCUT2D eigenvalue weighted by Crippen LogP contribution is -2.12. The van der Waals surface area contributed by atoms with E-state index in [1.54, 1.807) is 6.07 Å². The lowest BCUT2D eigenvalue weighted by molar-refractivity contribution is -0.116. The molecule has 1 heterocycles. The smallest absolute Gasteiger partial charge is 0.226 e. The Morgan fingerprint density at radius 3 is 2.80 bits per heavy atom. The number of carbonyl (C=O) groups is 1. The van der Waals surface area contributed by atoms with Crippen LogP contribution in [0.15, 0.2) is 42.5 Å². The van der Waals surface area contributed by atoms with Gasteiger partial charge in [-0.15, -0.1) is 0 Å². The first kappa shape index (κ1) is 17.4. The average Bonchev–Trinajstić information content (AvgIpc) is 3.00. The van der Waals surface area contributed by atoms with Gasteiger partial charge in [-0.1, -0.05) is 30.4 Å². The average molecular weight is 358 g/mol. The SMILES string of the molecule is CCc1ccc(OCCCC(=O)Nc2nc3ccc(F)cc3s2)cc1. The van der Waals surface area contributed by atoms with Crippen LogP contribution >= 0.6 is 11.3 Å². The van der Waals surface area contributed by atoms with E-state index >= 15 is 0 Å². The van der Waals surface area contributed by atoms with Gasteiger partial charge in [-0.25, -0.2) is 9.37 Å². The predicted octanol–water partition coefficient (Wildman–Crippen LogP) is 4.80. The van der Waals surface area contributed by atoms with Crippen LogP contribution in [0, 0.1) is 5.82 Å². The molecule has 0 bridgehead atoms. The van der Waals surface area contributed by atoms with E-state index in [1.165, 1.54) is 29.0 Å². The first-order chi connectivity index (χ1) is 12.1. The van der Waals surface area contributed by atoms with Crippen molar-refractivity contribution in [2.24, 2.45) is 0 Å². The van der Waals surface area contributed by atoms with Crippen LogP contribution in [0.4, 0.5) is 9.52 Å². The molecule has 0 fully saturated rings. The molecule has 25 heavy (non-hydrogen) atoms. The molecule has 3 rings (SSSR count). The highest BCUT2D eigenvalue weighted by Gasteiger charge is 2.08. The third-order valence-electron chi connectivity index (χ3n) is 3.75. The summed E-state index contributed by atoms with van der Waals surface area (Å²) < 4.78 is 19.5. The molecule has 6 heteroatoms. The van der Waals surface area contributed by atoms with Crippen LogP contribution in [0.1, 0.15) is 25.3 Å². The zero-order valence-electron chi connectivity index (χ0n) is 13.9. The minimum absolute atomic E-state index is 0.121. The number of carbonyl (C=O) groups excluding carboxylic acids is 1. The second-order valence-corrected chi connectivity index (χ2v) is 6.66. The van der Waals surface area contributed by atoms with Gasteiger partial charge < -0.3 is 10.1 Å². The van der Waals surface area contributed by atoms with Gasteiger partial charge in [-0.05, 0) is 48.7 Å². The number of anilines is 1. The first-order valence-corrected chi connectivity index (χ1v) is 9.03. The van der Waals surface area contributed by atoms with Crippen molar-refractivity contribution in [2.75, 3.05) is 11.9 Å². The molecular formula is C19H19FN2O2S. The van der Waals surface area contributed by atoms with Crippen molar-refractivity contribution in [3.05, 3.63) is 53.8 Å². The molecule has 0 atom stereocenters. The Morgan fingerprint density at radius 2 is 2.04 bits per heavy atom. The molecule has 1 N–H and O–H groups in total. The maximum atomic E-state index is 13.2. The highest BCUT2D eigenvalue weighted by atomic mass is 32.1. The number of rotatable bonds is 7. The van der Waals surface area contributed by atoms with Gasteiger partial charge in [0.2, 0.25) is 5.91 Å². The fraction of sp³-hybridized carbons (Fsp3) is 0.263. The Balaban J connectivity index is 1.44. The summed E-state index contributed by atoms with van der Waals surface area (Å²) in [5, 5.41) is 3.24. The monoisotopic (exact) mass is 358 g/mol. The number of nitrogens with one attached hydrogen (secondary N) is 1. The van der Waals surface area contributed by atoms with Crippen LogP contribution in [0.2, 0.25) is 0 Å². The van der Waals surface area contributed by atoms with Gasteiger partial charge in [-0.3, -0.25) is 4.79 Å². The summed E-state index contributed by atoms with van der Waals surface area (Å²) in [5.41, 5.74) is 1.95. The van der Waals surface area contributed by atoms with E-state index in [1.807, 2.05) is 24.3 Å². The molecule has 0 saturated carbocycles. The molecule has 0 unspecified atom stereocenters. The Hall–Kier alpha value is -2.47. The minimum Gasteiger partial charge on any atom is -0.494 e. The van der Waals surface area contributed by atoms with Crippen LogP contribution in [0.5, 0.6) is 5.75 Å². The summed E-state index contributed by atoms with van der Waals surface area (Å²) in [5.74, 6) is 0.383. The highest BCUT2D eigenvalue weighted by molar-refractivity contribution is 7.22. The summed E-state index contributed by atoms with van der Waals surface area (Å²) in [6.45, 7) is 2.58. The van der Waals surface area contributed by atoms with E-state index in [0.717, 1.165) is 12.2 Å². The zero-order chi connectivity index (χ0) is 17.6. The fourth-order valence-electron chi connectivity index (χ4n) is 2.38. The molecule has 3 aromatic rings. The van der Waals surface area contributed by atoms with Gasteiger partial charge in [-0.2, -0.15) is 0 Å². The number of nitrogens with zero attached hydrogens (tertiary/aromatic N) is 1. The Labute approximate surface area is 149 Å². The normalized spacial score (nSPS) is 10.8. The van der Waals surface area contributed by atoms with E-state index in [2.05, 4.69) is 17.2 Å². The van der Waals surface area contributed by atoms with Crippen LogP contribution in [0.3, 0.4) is 0 Å². The number of benzene rings is 2. The molecule has 0 saturated heterocycles. The lowest BCUT2D eigenvalue weighted by Gasteiger charge is -2.06. The number of fused-ring (bicyclic) bond motifs is 1. The second kappa shape index (κ2) is 8.07. The summed E-state index contributed by atoms with van der Waals surface area (Å²) >= 11 is 1.26. The molecule has 0 radical (unpaired) electrons. The molecule has 0 spiro atoms. The Morgan fingerprint density at radius 1 is 1.24 bits per heavy atom. The van der Waals surface area contributed by atoms with E-state index in [4.69, 9.17) is 4.74 Å². The Bertz CT molecular complexity index is 861.